The van der Waals surface area contributed by atoms with Crippen LogP contribution in [0.1, 0.15) is 10.4 Å². The van der Waals surface area contributed by atoms with Crippen LogP contribution >= 0.6 is 11.6 Å². The second-order valence-corrected chi connectivity index (χ2v) is 4.33. The Hall–Kier alpha value is -2.64. The van der Waals surface area contributed by atoms with Crippen molar-refractivity contribution >= 4 is 28.8 Å². The van der Waals surface area contributed by atoms with Gasteiger partial charge in [-0.05, 0) is 18.2 Å². The standard InChI is InChI=1S/C15H10ClN3O/c16-12-7-4-8-13(9-12)18-19-14(10-17)15(20)11-5-2-1-3-6-11/h1-9,18H. The third-order valence-corrected chi connectivity index (χ3v) is 2.71. The van der Waals surface area contributed by atoms with Gasteiger partial charge in [0.05, 0.1) is 5.69 Å². The van der Waals surface area contributed by atoms with Crippen molar-refractivity contribution in [2.45, 2.75) is 0 Å². The molecular formula is C15H10ClN3O. The molecule has 2 aromatic carbocycles. The van der Waals surface area contributed by atoms with Gasteiger partial charge in [0.2, 0.25) is 11.5 Å². The molecule has 0 saturated carbocycles. The van der Waals surface area contributed by atoms with Gasteiger partial charge in [-0.1, -0.05) is 48.0 Å². The fourth-order valence-electron chi connectivity index (χ4n) is 1.53. The van der Waals surface area contributed by atoms with Crippen LogP contribution in [0.2, 0.25) is 5.02 Å². The maximum atomic E-state index is 12.0. The van der Waals surface area contributed by atoms with Crippen molar-refractivity contribution in [3.63, 3.8) is 0 Å². The van der Waals surface area contributed by atoms with Crippen LogP contribution in [0.5, 0.6) is 0 Å². The minimum atomic E-state index is -0.428. The number of rotatable bonds is 4. The van der Waals surface area contributed by atoms with E-state index in [1.807, 2.05) is 0 Å². The molecule has 0 amide bonds. The van der Waals surface area contributed by atoms with Gasteiger partial charge < -0.3 is 0 Å². The van der Waals surface area contributed by atoms with Gasteiger partial charge in [-0.2, -0.15) is 10.4 Å². The number of hydrazone groups is 1. The molecule has 0 radical (unpaired) electrons. The highest BCUT2D eigenvalue weighted by Crippen LogP contribution is 2.14. The Balaban J connectivity index is 2.19. The van der Waals surface area contributed by atoms with Gasteiger partial charge in [0.25, 0.3) is 0 Å². The lowest BCUT2D eigenvalue weighted by Gasteiger charge is -2.02. The lowest BCUT2D eigenvalue weighted by atomic mass is 10.1. The first-order chi connectivity index (χ1) is 9.70. The summed E-state index contributed by atoms with van der Waals surface area (Å²) in [5.74, 6) is -0.428. The number of anilines is 1. The minimum Gasteiger partial charge on any atom is -0.286 e. The monoisotopic (exact) mass is 283 g/mol. The van der Waals surface area contributed by atoms with Crippen LogP contribution in [0.25, 0.3) is 0 Å². The summed E-state index contributed by atoms with van der Waals surface area (Å²) in [5.41, 5.74) is 3.46. The van der Waals surface area contributed by atoms with Crippen molar-refractivity contribution in [2.24, 2.45) is 5.10 Å². The topological polar surface area (TPSA) is 65.2 Å². The van der Waals surface area contributed by atoms with Gasteiger partial charge >= 0.3 is 0 Å². The number of carbonyl (C=O) groups excluding carboxylic acids is 1. The van der Waals surface area contributed by atoms with E-state index < -0.39 is 5.78 Å². The molecule has 5 heteroatoms. The first-order valence-corrected chi connectivity index (χ1v) is 6.17. The summed E-state index contributed by atoms with van der Waals surface area (Å²) in [7, 11) is 0. The molecule has 0 heterocycles. The van der Waals surface area contributed by atoms with Gasteiger partial charge in [0.1, 0.15) is 6.07 Å². The quantitative estimate of drug-likeness (QED) is 0.530. The fraction of sp³-hybridized carbons (Fsp3) is 0. The van der Waals surface area contributed by atoms with Crippen molar-refractivity contribution in [2.75, 3.05) is 5.43 Å². The van der Waals surface area contributed by atoms with Gasteiger partial charge in [0.15, 0.2) is 0 Å². The molecule has 0 aliphatic heterocycles. The predicted octanol–water partition coefficient (Wildman–Crippen LogP) is 3.51. The van der Waals surface area contributed by atoms with Crippen molar-refractivity contribution in [1.82, 2.24) is 0 Å². The fourth-order valence-corrected chi connectivity index (χ4v) is 1.72. The van der Waals surface area contributed by atoms with Crippen LogP contribution in [0.4, 0.5) is 5.69 Å². The molecule has 1 N–H and O–H groups in total. The molecule has 0 aromatic heterocycles. The number of nitrogens with one attached hydrogen (secondary N) is 1. The number of hydrogen-bond acceptors (Lipinski definition) is 4. The molecule has 20 heavy (non-hydrogen) atoms. The Morgan fingerprint density at radius 3 is 2.55 bits per heavy atom. The Morgan fingerprint density at radius 2 is 1.90 bits per heavy atom. The predicted molar refractivity (Wildman–Crippen MR) is 78.9 cm³/mol. The van der Waals surface area contributed by atoms with Crippen LogP contribution < -0.4 is 5.43 Å². The summed E-state index contributed by atoms with van der Waals surface area (Å²) in [6.07, 6.45) is 0. The van der Waals surface area contributed by atoms with Gasteiger partial charge in [-0.3, -0.25) is 10.2 Å². The average Bonchev–Trinajstić information content (AvgIpc) is 2.48. The average molecular weight is 284 g/mol. The Kier molecular flexibility index (Phi) is 4.48. The second kappa shape index (κ2) is 6.50. The summed E-state index contributed by atoms with van der Waals surface area (Å²) in [4.78, 5) is 12.0. The van der Waals surface area contributed by atoms with E-state index >= 15 is 0 Å². The van der Waals surface area contributed by atoms with Crippen LogP contribution in [0.3, 0.4) is 0 Å². The number of nitrogens with zero attached hydrogens (tertiary/aromatic N) is 2. The van der Waals surface area contributed by atoms with Crippen molar-refractivity contribution in [3.05, 3.63) is 65.2 Å². The summed E-state index contributed by atoms with van der Waals surface area (Å²) in [6.45, 7) is 0. The SMILES string of the molecule is N#CC(=NNc1cccc(Cl)c1)C(=O)c1ccccc1. The number of ketones is 1. The molecule has 0 spiro atoms. The van der Waals surface area contributed by atoms with Gasteiger partial charge in [0, 0.05) is 10.6 Å². The maximum absolute atomic E-state index is 12.0. The summed E-state index contributed by atoms with van der Waals surface area (Å²) in [6, 6.07) is 17.2. The Morgan fingerprint density at radius 1 is 1.15 bits per heavy atom. The molecule has 0 bridgehead atoms. The van der Waals surface area contributed by atoms with Crippen molar-refractivity contribution in [3.8, 4) is 6.07 Å². The second-order valence-electron chi connectivity index (χ2n) is 3.89. The number of carbonyl (C=O) groups is 1. The lowest BCUT2D eigenvalue weighted by Crippen LogP contribution is -2.14. The molecule has 2 rings (SSSR count). The van der Waals surface area contributed by atoms with E-state index in [2.05, 4.69) is 10.5 Å². The summed E-state index contributed by atoms with van der Waals surface area (Å²) in [5, 5.41) is 13.4. The number of halogens is 1. The molecule has 98 valence electrons. The smallest absolute Gasteiger partial charge is 0.223 e. The van der Waals surface area contributed by atoms with Crippen molar-refractivity contribution < 1.29 is 4.79 Å². The van der Waals surface area contributed by atoms with E-state index in [1.54, 1.807) is 60.7 Å². The largest absolute Gasteiger partial charge is 0.286 e. The molecular weight excluding hydrogens is 274 g/mol. The van der Waals surface area contributed by atoms with Crippen LogP contribution in [-0.2, 0) is 0 Å². The summed E-state index contributed by atoms with van der Waals surface area (Å²) >= 11 is 5.83. The molecule has 0 unspecified atom stereocenters. The molecule has 0 aliphatic carbocycles. The van der Waals surface area contributed by atoms with E-state index in [1.165, 1.54) is 0 Å². The zero-order valence-corrected chi connectivity index (χ0v) is 11.1. The Labute approximate surface area is 121 Å². The molecule has 0 aliphatic rings. The number of benzene rings is 2. The van der Waals surface area contributed by atoms with E-state index in [9.17, 15) is 4.79 Å². The highest BCUT2D eigenvalue weighted by Gasteiger charge is 2.13. The minimum absolute atomic E-state index is 0.212. The van der Waals surface area contributed by atoms with Crippen LogP contribution in [-0.4, -0.2) is 11.5 Å². The van der Waals surface area contributed by atoms with E-state index in [0.29, 0.717) is 16.3 Å². The van der Waals surface area contributed by atoms with E-state index in [4.69, 9.17) is 16.9 Å². The highest BCUT2D eigenvalue weighted by atomic mass is 35.5. The van der Waals surface area contributed by atoms with E-state index in [0.717, 1.165) is 0 Å². The zero-order chi connectivity index (χ0) is 14.4. The maximum Gasteiger partial charge on any atom is 0.223 e. The third kappa shape index (κ3) is 3.44. The number of nitriles is 1. The van der Waals surface area contributed by atoms with E-state index in [-0.39, 0.29) is 5.71 Å². The normalized spacial score (nSPS) is 10.7. The first-order valence-electron chi connectivity index (χ1n) is 5.80. The first kappa shape index (κ1) is 13.8. The summed E-state index contributed by atoms with van der Waals surface area (Å²) < 4.78 is 0. The highest BCUT2D eigenvalue weighted by molar-refractivity contribution is 6.51. The van der Waals surface area contributed by atoms with Crippen LogP contribution in [0, 0.1) is 11.3 Å². The lowest BCUT2D eigenvalue weighted by molar-refractivity contribution is 0.106. The molecule has 2 aromatic rings. The van der Waals surface area contributed by atoms with Crippen molar-refractivity contribution in [1.29, 1.82) is 5.26 Å². The van der Waals surface area contributed by atoms with Gasteiger partial charge in [-0.25, -0.2) is 0 Å². The molecule has 4 nitrogen and oxygen atoms in total. The van der Waals surface area contributed by atoms with Gasteiger partial charge in [-0.15, -0.1) is 0 Å². The molecule has 0 fully saturated rings. The molecule has 0 atom stereocenters. The number of hydrogen-bond donors (Lipinski definition) is 1. The number of Topliss-reactive ketones (excluding diaryl/α,β-unsaturated/α-hetero) is 1. The third-order valence-electron chi connectivity index (χ3n) is 2.48. The van der Waals surface area contributed by atoms with Crippen LogP contribution in [0.15, 0.2) is 59.7 Å². The Bertz CT molecular complexity index is 690. The molecule has 0 saturated heterocycles. The zero-order valence-electron chi connectivity index (χ0n) is 10.4.